The van der Waals surface area contributed by atoms with Crippen molar-refractivity contribution in [2.45, 2.75) is 12.6 Å². The summed E-state index contributed by atoms with van der Waals surface area (Å²) in [5, 5.41) is 8.58. The molecule has 0 fully saturated rings. The molecule has 92 valence electrons. The number of amides is 1. The second-order valence-electron chi connectivity index (χ2n) is 3.64. The fourth-order valence-electron chi connectivity index (χ4n) is 1.28. The predicted octanol–water partition coefficient (Wildman–Crippen LogP) is 0.196. The van der Waals surface area contributed by atoms with Gasteiger partial charge in [0.05, 0.1) is 0 Å². The number of carbonyl (C=O) groups is 2. The number of carboxylic acids is 1. The van der Waals surface area contributed by atoms with Crippen LogP contribution in [-0.4, -0.2) is 35.0 Å². The Morgan fingerprint density at radius 3 is 2.41 bits per heavy atom. The molecule has 6 heteroatoms. The summed E-state index contributed by atoms with van der Waals surface area (Å²) in [5.74, 6) is -2.44. The maximum absolute atomic E-state index is 12.6. The van der Waals surface area contributed by atoms with Gasteiger partial charge in [-0.15, -0.1) is 0 Å². The third-order valence-corrected chi connectivity index (χ3v) is 2.24. The van der Waals surface area contributed by atoms with Crippen molar-refractivity contribution in [1.82, 2.24) is 4.90 Å². The number of nitrogens with zero attached hydrogens (tertiary/aromatic N) is 1. The van der Waals surface area contributed by atoms with E-state index in [-0.39, 0.29) is 12.4 Å². The molecule has 1 rings (SSSR count). The summed E-state index contributed by atoms with van der Waals surface area (Å²) < 4.78 is 12.6. The fraction of sp³-hybridized carbons (Fsp3) is 0.273. The Morgan fingerprint density at radius 1 is 1.41 bits per heavy atom. The Labute approximate surface area is 97.6 Å². The molecule has 17 heavy (non-hydrogen) atoms. The van der Waals surface area contributed by atoms with Crippen molar-refractivity contribution in [2.24, 2.45) is 5.73 Å². The highest BCUT2D eigenvalue weighted by molar-refractivity contribution is 6.00. The lowest BCUT2D eigenvalue weighted by atomic mass is 10.2. The van der Waals surface area contributed by atoms with E-state index in [0.29, 0.717) is 5.56 Å². The molecule has 0 saturated heterocycles. The molecule has 0 saturated carbocycles. The minimum atomic E-state index is -1.57. The van der Waals surface area contributed by atoms with E-state index >= 15 is 0 Å². The zero-order valence-corrected chi connectivity index (χ0v) is 9.26. The molecule has 0 spiro atoms. The molecule has 0 bridgehead atoms. The minimum Gasteiger partial charge on any atom is -0.480 e. The number of carboxylic acid groups (broad SMARTS) is 1. The van der Waals surface area contributed by atoms with E-state index in [1.54, 1.807) is 0 Å². The van der Waals surface area contributed by atoms with Crippen molar-refractivity contribution in [3.63, 3.8) is 0 Å². The van der Waals surface area contributed by atoms with Crippen molar-refractivity contribution >= 4 is 11.9 Å². The molecule has 1 aromatic carbocycles. The maximum atomic E-state index is 12.6. The van der Waals surface area contributed by atoms with Gasteiger partial charge in [0.15, 0.2) is 6.04 Å². The lowest BCUT2D eigenvalue weighted by molar-refractivity contribution is -0.146. The summed E-state index contributed by atoms with van der Waals surface area (Å²) >= 11 is 0. The zero-order chi connectivity index (χ0) is 13.0. The third kappa shape index (κ3) is 3.53. The SMILES string of the molecule is CN(Cc1ccc(F)cc1)C(=O)C(N)C(=O)O. The molecular weight excluding hydrogens is 227 g/mol. The van der Waals surface area contributed by atoms with E-state index < -0.39 is 17.9 Å². The highest BCUT2D eigenvalue weighted by Crippen LogP contribution is 2.06. The maximum Gasteiger partial charge on any atom is 0.330 e. The van der Waals surface area contributed by atoms with E-state index in [1.807, 2.05) is 0 Å². The summed E-state index contributed by atoms with van der Waals surface area (Å²) in [6.07, 6.45) is 0. The zero-order valence-electron chi connectivity index (χ0n) is 9.26. The van der Waals surface area contributed by atoms with Gasteiger partial charge < -0.3 is 15.7 Å². The largest absolute Gasteiger partial charge is 0.480 e. The van der Waals surface area contributed by atoms with Crippen LogP contribution in [0.4, 0.5) is 4.39 Å². The van der Waals surface area contributed by atoms with Crippen molar-refractivity contribution < 1.29 is 19.1 Å². The Bertz CT molecular complexity index is 419. The fourth-order valence-corrected chi connectivity index (χ4v) is 1.28. The Morgan fingerprint density at radius 2 is 1.94 bits per heavy atom. The molecule has 1 unspecified atom stereocenters. The number of likely N-dealkylation sites (N-methyl/N-ethyl adjacent to an activating group) is 1. The van der Waals surface area contributed by atoms with Gasteiger partial charge in [-0.2, -0.15) is 0 Å². The van der Waals surface area contributed by atoms with Crippen LogP contribution in [-0.2, 0) is 16.1 Å². The first-order valence-corrected chi connectivity index (χ1v) is 4.89. The smallest absolute Gasteiger partial charge is 0.330 e. The normalized spacial score (nSPS) is 11.9. The average molecular weight is 240 g/mol. The first kappa shape index (κ1) is 13.1. The van der Waals surface area contributed by atoms with E-state index in [1.165, 1.54) is 36.2 Å². The second-order valence-corrected chi connectivity index (χ2v) is 3.64. The summed E-state index contributed by atoms with van der Waals surface area (Å²) in [6, 6.07) is 4.01. The first-order chi connectivity index (χ1) is 7.91. The van der Waals surface area contributed by atoms with E-state index in [2.05, 4.69) is 0 Å². The first-order valence-electron chi connectivity index (χ1n) is 4.89. The number of hydrogen-bond acceptors (Lipinski definition) is 3. The minimum absolute atomic E-state index is 0.181. The summed E-state index contributed by atoms with van der Waals surface area (Å²) in [5.41, 5.74) is 5.88. The van der Waals surface area contributed by atoms with Crippen molar-refractivity contribution in [2.75, 3.05) is 7.05 Å². The lowest BCUT2D eigenvalue weighted by Gasteiger charge is -2.19. The van der Waals surface area contributed by atoms with Gasteiger partial charge in [0, 0.05) is 13.6 Å². The van der Waals surface area contributed by atoms with E-state index in [4.69, 9.17) is 10.8 Å². The van der Waals surface area contributed by atoms with Crippen LogP contribution in [0.5, 0.6) is 0 Å². The molecule has 0 aliphatic heterocycles. The molecular formula is C11H13FN2O3. The van der Waals surface area contributed by atoms with Crippen LogP contribution in [0.1, 0.15) is 5.56 Å². The molecule has 1 atom stereocenters. The standard InChI is InChI=1S/C11H13FN2O3/c1-14(10(15)9(13)11(16)17)6-7-2-4-8(12)5-3-7/h2-5,9H,6,13H2,1H3,(H,16,17). The van der Waals surface area contributed by atoms with Crippen LogP contribution in [0, 0.1) is 5.82 Å². The number of halogens is 1. The molecule has 3 N–H and O–H groups in total. The van der Waals surface area contributed by atoms with Crippen LogP contribution in [0.15, 0.2) is 24.3 Å². The molecule has 0 heterocycles. The number of carbonyl (C=O) groups excluding carboxylic acids is 1. The van der Waals surface area contributed by atoms with Crippen molar-refractivity contribution in [3.05, 3.63) is 35.6 Å². The summed E-state index contributed by atoms with van der Waals surface area (Å²) in [7, 11) is 1.44. The van der Waals surface area contributed by atoms with Gasteiger partial charge in [-0.05, 0) is 17.7 Å². The summed E-state index contributed by atoms with van der Waals surface area (Å²) in [4.78, 5) is 23.2. The van der Waals surface area contributed by atoms with Gasteiger partial charge in [-0.25, -0.2) is 9.18 Å². The third-order valence-electron chi connectivity index (χ3n) is 2.24. The Balaban J connectivity index is 2.66. The van der Waals surface area contributed by atoms with Gasteiger partial charge in [0.2, 0.25) is 0 Å². The Hall–Kier alpha value is -1.95. The van der Waals surface area contributed by atoms with Gasteiger partial charge in [-0.1, -0.05) is 12.1 Å². The molecule has 1 amide bonds. The van der Waals surface area contributed by atoms with Crippen molar-refractivity contribution in [3.8, 4) is 0 Å². The number of hydrogen-bond donors (Lipinski definition) is 2. The van der Waals surface area contributed by atoms with E-state index in [0.717, 1.165) is 0 Å². The number of rotatable bonds is 4. The van der Waals surface area contributed by atoms with Crippen LogP contribution >= 0.6 is 0 Å². The highest BCUT2D eigenvalue weighted by atomic mass is 19.1. The summed E-state index contributed by atoms with van der Waals surface area (Å²) in [6.45, 7) is 0.181. The molecule has 0 radical (unpaired) electrons. The number of aliphatic carboxylic acids is 1. The molecule has 1 aromatic rings. The average Bonchev–Trinajstić information content (AvgIpc) is 2.30. The van der Waals surface area contributed by atoms with Gasteiger partial charge >= 0.3 is 5.97 Å². The van der Waals surface area contributed by atoms with Crippen molar-refractivity contribution in [1.29, 1.82) is 0 Å². The van der Waals surface area contributed by atoms with Crippen LogP contribution in [0.25, 0.3) is 0 Å². The van der Waals surface area contributed by atoms with Crippen LogP contribution in [0.3, 0.4) is 0 Å². The topological polar surface area (TPSA) is 83.6 Å². The Kier molecular flexibility index (Phi) is 4.17. The second kappa shape index (κ2) is 5.40. The number of benzene rings is 1. The highest BCUT2D eigenvalue weighted by Gasteiger charge is 2.24. The molecule has 0 aromatic heterocycles. The van der Waals surface area contributed by atoms with E-state index in [9.17, 15) is 14.0 Å². The lowest BCUT2D eigenvalue weighted by Crippen LogP contribution is -2.46. The molecule has 5 nitrogen and oxygen atoms in total. The van der Waals surface area contributed by atoms with Gasteiger partial charge in [-0.3, -0.25) is 4.79 Å². The monoisotopic (exact) mass is 240 g/mol. The van der Waals surface area contributed by atoms with Gasteiger partial charge in [0.1, 0.15) is 5.82 Å². The quantitative estimate of drug-likeness (QED) is 0.736. The van der Waals surface area contributed by atoms with Crippen LogP contribution < -0.4 is 5.73 Å². The predicted molar refractivity (Wildman–Crippen MR) is 58.5 cm³/mol. The molecule has 0 aliphatic rings. The van der Waals surface area contributed by atoms with Crippen LogP contribution in [0.2, 0.25) is 0 Å². The number of nitrogens with two attached hydrogens (primary N) is 1. The molecule has 0 aliphatic carbocycles. The van der Waals surface area contributed by atoms with Gasteiger partial charge in [0.25, 0.3) is 5.91 Å².